The maximum atomic E-state index is 6.01. The zero-order valence-corrected chi connectivity index (χ0v) is 11.6. The third-order valence-electron chi connectivity index (χ3n) is 3.02. The van der Waals surface area contributed by atoms with Gasteiger partial charge in [-0.1, -0.05) is 11.6 Å². The third kappa shape index (κ3) is 3.66. The molecule has 0 aliphatic carbocycles. The zero-order valence-electron chi connectivity index (χ0n) is 10.9. The molecule has 2 rings (SSSR count). The van der Waals surface area contributed by atoms with E-state index in [0.717, 1.165) is 24.3 Å². The maximum absolute atomic E-state index is 6.01. The Kier molecular flexibility index (Phi) is 4.71. The number of halogens is 1. The number of pyridine rings is 2. The predicted octanol–water partition coefficient (Wildman–Crippen LogP) is 2.27. The van der Waals surface area contributed by atoms with E-state index in [9.17, 15) is 0 Å². The molecule has 19 heavy (non-hydrogen) atoms. The summed E-state index contributed by atoms with van der Waals surface area (Å²) in [6.45, 7) is 1.30. The van der Waals surface area contributed by atoms with Crippen LogP contribution in [0.3, 0.4) is 0 Å². The lowest BCUT2D eigenvalue weighted by atomic mass is 10.2. The van der Waals surface area contributed by atoms with Gasteiger partial charge in [-0.05, 0) is 35.7 Å². The maximum Gasteiger partial charge on any atom is 0.128 e. The van der Waals surface area contributed by atoms with Gasteiger partial charge in [0.25, 0.3) is 0 Å². The van der Waals surface area contributed by atoms with Crippen molar-refractivity contribution < 1.29 is 0 Å². The van der Waals surface area contributed by atoms with E-state index < -0.39 is 0 Å². The molecule has 100 valence electrons. The molecule has 0 unspecified atom stereocenters. The smallest absolute Gasteiger partial charge is 0.128 e. The van der Waals surface area contributed by atoms with Crippen molar-refractivity contribution in [2.24, 2.45) is 5.73 Å². The average molecular weight is 277 g/mol. The number of nitrogens with two attached hydrogens (primary N) is 1. The molecule has 2 aromatic heterocycles. The zero-order chi connectivity index (χ0) is 13.7. The van der Waals surface area contributed by atoms with Crippen molar-refractivity contribution in [3.63, 3.8) is 0 Å². The molecule has 0 atom stereocenters. The Morgan fingerprint density at radius 1 is 1.32 bits per heavy atom. The van der Waals surface area contributed by atoms with E-state index in [2.05, 4.69) is 14.9 Å². The topological polar surface area (TPSA) is 55.0 Å². The molecular formula is C14H17ClN4. The van der Waals surface area contributed by atoms with Crippen LogP contribution in [0.15, 0.2) is 36.8 Å². The summed E-state index contributed by atoms with van der Waals surface area (Å²) in [6.07, 6.45) is 6.22. The quantitative estimate of drug-likeness (QED) is 0.910. The first kappa shape index (κ1) is 13.8. The van der Waals surface area contributed by atoms with Crippen LogP contribution in [0.5, 0.6) is 0 Å². The SMILES string of the molecule is CN(CCc1ccncc1)c1cc(CN)c(Cl)cn1. The fourth-order valence-electron chi connectivity index (χ4n) is 1.79. The second kappa shape index (κ2) is 6.50. The van der Waals surface area contributed by atoms with Gasteiger partial charge in [-0.2, -0.15) is 0 Å². The molecule has 5 heteroatoms. The van der Waals surface area contributed by atoms with Gasteiger partial charge in [0.15, 0.2) is 0 Å². The molecule has 2 aromatic rings. The van der Waals surface area contributed by atoms with E-state index in [4.69, 9.17) is 17.3 Å². The minimum absolute atomic E-state index is 0.423. The highest BCUT2D eigenvalue weighted by Crippen LogP contribution is 2.19. The number of nitrogens with zero attached hydrogens (tertiary/aromatic N) is 3. The number of anilines is 1. The number of rotatable bonds is 5. The molecule has 0 bridgehead atoms. The molecule has 0 amide bonds. The summed E-state index contributed by atoms with van der Waals surface area (Å²) < 4.78 is 0. The fourth-order valence-corrected chi connectivity index (χ4v) is 1.97. The predicted molar refractivity (Wildman–Crippen MR) is 78.3 cm³/mol. The van der Waals surface area contributed by atoms with Crippen LogP contribution in [-0.4, -0.2) is 23.6 Å². The minimum atomic E-state index is 0.423. The average Bonchev–Trinajstić information content (AvgIpc) is 2.46. The highest BCUT2D eigenvalue weighted by molar-refractivity contribution is 6.31. The number of hydrogen-bond donors (Lipinski definition) is 1. The van der Waals surface area contributed by atoms with Gasteiger partial charge in [-0.3, -0.25) is 4.98 Å². The summed E-state index contributed by atoms with van der Waals surface area (Å²) >= 11 is 6.01. The van der Waals surface area contributed by atoms with Crippen LogP contribution in [0.4, 0.5) is 5.82 Å². The third-order valence-corrected chi connectivity index (χ3v) is 3.36. The summed E-state index contributed by atoms with van der Waals surface area (Å²) in [4.78, 5) is 10.4. The van der Waals surface area contributed by atoms with E-state index in [0.29, 0.717) is 11.6 Å². The van der Waals surface area contributed by atoms with Crippen molar-refractivity contribution in [3.8, 4) is 0 Å². The first-order valence-electron chi connectivity index (χ1n) is 6.15. The Morgan fingerprint density at radius 3 is 2.74 bits per heavy atom. The monoisotopic (exact) mass is 276 g/mol. The van der Waals surface area contributed by atoms with Gasteiger partial charge in [0.1, 0.15) is 5.82 Å². The number of likely N-dealkylation sites (N-methyl/N-ethyl adjacent to an activating group) is 1. The van der Waals surface area contributed by atoms with Crippen LogP contribution >= 0.6 is 11.6 Å². The molecular weight excluding hydrogens is 260 g/mol. The lowest BCUT2D eigenvalue weighted by Gasteiger charge is -2.19. The van der Waals surface area contributed by atoms with Crippen LogP contribution in [0, 0.1) is 0 Å². The molecule has 0 saturated heterocycles. The molecule has 4 nitrogen and oxygen atoms in total. The van der Waals surface area contributed by atoms with Gasteiger partial charge in [0.2, 0.25) is 0 Å². The Hall–Kier alpha value is -1.65. The van der Waals surface area contributed by atoms with E-state index in [-0.39, 0.29) is 0 Å². The van der Waals surface area contributed by atoms with E-state index in [1.807, 2.05) is 37.6 Å². The highest BCUT2D eigenvalue weighted by atomic mass is 35.5. The molecule has 0 spiro atoms. The molecule has 0 aliphatic rings. The van der Waals surface area contributed by atoms with Crippen molar-refractivity contribution in [1.82, 2.24) is 9.97 Å². The molecule has 0 aliphatic heterocycles. The van der Waals surface area contributed by atoms with E-state index in [1.54, 1.807) is 6.20 Å². The van der Waals surface area contributed by atoms with Crippen molar-refractivity contribution in [1.29, 1.82) is 0 Å². The summed E-state index contributed by atoms with van der Waals surface area (Å²) in [6, 6.07) is 5.98. The minimum Gasteiger partial charge on any atom is -0.359 e. The first-order valence-corrected chi connectivity index (χ1v) is 6.53. The van der Waals surface area contributed by atoms with E-state index >= 15 is 0 Å². The van der Waals surface area contributed by atoms with Gasteiger partial charge in [-0.15, -0.1) is 0 Å². The lowest BCUT2D eigenvalue weighted by Crippen LogP contribution is -2.21. The normalized spacial score (nSPS) is 10.5. The fraction of sp³-hybridized carbons (Fsp3) is 0.286. The van der Waals surface area contributed by atoms with Crippen molar-refractivity contribution >= 4 is 17.4 Å². The molecule has 0 saturated carbocycles. The Morgan fingerprint density at radius 2 is 2.05 bits per heavy atom. The Bertz CT molecular complexity index is 530. The van der Waals surface area contributed by atoms with Crippen molar-refractivity contribution in [2.45, 2.75) is 13.0 Å². The summed E-state index contributed by atoms with van der Waals surface area (Å²) in [7, 11) is 2.01. The van der Waals surface area contributed by atoms with E-state index in [1.165, 1.54) is 5.56 Å². The molecule has 0 aromatic carbocycles. The molecule has 2 N–H and O–H groups in total. The summed E-state index contributed by atoms with van der Waals surface area (Å²) in [5.74, 6) is 0.888. The molecule has 0 fully saturated rings. The Labute approximate surface area is 118 Å². The van der Waals surface area contributed by atoms with Crippen LogP contribution in [0.25, 0.3) is 0 Å². The van der Waals surface area contributed by atoms with Gasteiger partial charge in [0.05, 0.1) is 5.02 Å². The van der Waals surface area contributed by atoms with Crippen molar-refractivity contribution in [3.05, 3.63) is 52.9 Å². The largest absolute Gasteiger partial charge is 0.359 e. The van der Waals surface area contributed by atoms with Gasteiger partial charge >= 0.3 is 0 Å². The van der Waals surface area contributed by atoms with Crippen LogP contribution in [0.1, 0.15) is 11.1 Å². The summed E-state index contributed by atoms with van der Waals surface area (Å²) in [5.41, 5.74) is 7.83. The Balaban J connectivity index is 2.02. The second-order valence-electron chi connectivity index (χ2n) is 4.37. The van der Waals surface area contributed by atoms with Gasteiger partial charge < -0.3 is 10.6 Å². The van der Waals surface area contributed by atoms with Gasteiger partial charge in [-0.25, -0.2) is 4.98 Å². The number of hydrogen-bond acceptors (Lipinski definition) is 4. The van der Waals surface area contributed by atoms with Crippen LogP contribution in [0.2, 0.25) is 5.02 Å². The van der Waals surface area contributed by atoms with Crippen LogP contribution in [-0.2, 0) is 13.0 Å². The molecule has 0 radical (unpaired) electrons. The number of aromatic nitrogens is 2. The second-order valence-corrected chi connectivity index (χ2v) is 4.77. The molecule has 2 heterocycles. The van der Waals surface area contributed by atoms with Crippen LogP contribution < -0.4 is 10.6 Å². The summed E-state index contributed by atoms with van der Waals surface area (Å²) in [5, 5.41) is 0.619. The van der Waals surface area contributed by atoms with Crippen molar-refractivity contribution in [2.75, 3.05) is 18.5 Å². The lowest BCUT2D eigenvalue weighted by molar-refractivity contribution is 0.855. The first-order chi connectivity index (χ1) is 9.20. The van der Waals surface area contributed by atoms with Gasteiger partial charge in [0, 0.05) is 38.7 Å². The highest BCUT2D eigenvalue weighted by Gasteiger charge is 2.06. The standard InChI is InChI=1S/C14H17ClN4/c1-19(7-4-11-2-5-17-6-3-11)14-8-12(9-16)13(15)10-18-14/h2-3,5-6,8,10H,4,7,9,16H2,1H3.